The van der Waals surface area contributed by atoms with Gasteiger partial charge in [-0.15, -0.1) is 5.10 Å². The smallest absolute Gasteiger partial charge is 0.348 e. The Labute approximate surface area is 142 Å². The quantitative estimate of drug-likeness (QED) is 0.647. The SMILES string of the molecule is O=C(O)CSc1n[nH]c(=O)n1-c1c(Br)cc(Br)cc1Br. The number of rotatable bonds is 4. The summed E-state index contributed by atoms with van der Waals surface area (Å²) in [6, 6.07) is 3.57. The van der Waals surface area contributed by atoms with Gasteiger partial charge in [0.2, 0.25) is 0 Å². The molecule has 0 aliphatic heterocycles. The molecule has 2 N–H and O–H groups in total. The molecule has 1 heterocycles. The molecular weight excluding hydrogens is 482 g/mol. The first-order valence-electron chi connectivity index (χ1n) is 5.07. The summed E-state index contributed by atoms with van der Waals surface area (Å²) < 4.78 is 3.48. The van der Waals surface area contributed by atoms with Crippen LogP contribution in [-0.2, 0) is 4.79 Å². The van der Waals surface area contributed by atoms with Crippen LogP contribution in [0.25, 0.3) is 5.69 Å². The molecule has 0 unspecified atom stereocenters. The number of hydrogen-bond donors (Lipinski definition) is 2. The van der Waals surface area contributed by atoms with Gasteiger partial charge in [0.15, 0.2) is 5.16 Å². The number of H-pyrrole nitrogens is 1. The number of nitrogens with one attached hydrogen (secondary N) is 1. The van der Waals surface area contributed by atoms with E-state index in [2.05, 4.69) is 58.0 Å². The number of benzene rings is 1. The van der Waals surface area contributed by atoms with Gasteiger partial charge in [-0.25, -0.2) is 14.5 Å². The zero-order valence-electron chi connectivity index (χ0n) is 9.56. The highest BCUT2D eigenvalue weighted by Gasteiger charge is 2.17. The molecule has 0 radical (unpaired) electrons. The molecule has 1 aromatic heterocycles. The van der Waals surface area contributed by atoms with E-state index >= 15 is 0 Å². The molecule has 0 aliphatic rings. The normalized spacial score (nSPS) is 10.8. The van der Waals surface area contributed by atoms with E-state index in [9.17, 15) is 9.59 Å². The Kier molecular flexibility index (Phi) is 5.10. The molecule has 106 valence electrons. The van der Waals surface area contributed by atoms with Crippen molar-refractivity contribution in [1.29, 1.82) is 0 Å². The third-order valence-corrected chi connectivity index (χ3v) is 4.76. The second kappa shape index (κ2) is 6.46. The number of halogens is 3. The van der Waals surface area contributed by atoms with Gasteiger partial charge in [-0.2, -0.15) is 0 Å². The Morgan fingerprint density at radius 3 is 2.50 bits per heavy atom. The Hall–Kier alpha value is -0.580. The van der Waals surface area contributed by atoms with Gasteiger partial charge in [-0.1, -0.05) is 27.7 Å². The standard InChI is InChI=1S/C10H6Br3N3O3S/c11-4-1-5(12)8(6(13)2-4)16-9(19)14-15-10(16)20-3-7(17)18/h1-2H,3H2,(H,14,19)(H,17,18). The minimum atomic E-state index is -0.981. The average Bonchev–Trinajstić information content (AvgIpc) is 2.67. The van der Waals surface area contributed by atoms with Crippen LogP contribution in [0.1, 0.15) is 0 Å². The molecule has 20 heavy (non-hydrogen) atoms. The largest absolute Gasteiger partial charge is 0.481 e. The first-order valence-corrected chi connectivity index (χ1v) is 8.43. The van der Waals surface area contributed by atoms with Gasteiger partial charge in [-0.3, -0.25) is 4.79 Å². The molecule has 0 aliphatic carbocycles. The van der Waals surface area contributed by atoms with Crippen LogP contribution >= 0.6 is 59.6 Å². The molecule has 6 nitrogen and oxygen atoms in total. The number of thioether (sulfide) groups is 1. The van der Waals surface area contributed by atoms with Crippen molar-refractivity contribution in [3.63, 3.8) is 0 Å². The number of hydrogen-bond acceptors (Lipinski definition) is 4. The lowest BCUT2D eigenvalue weighted by atomic mass is 10.3. The van der Waals surface area contributed by atoms with Crippen LogP contribution in [0, 0.1) is 0 Å². The predicted molar refractivity (Wildman–Crippen MR) is 85.6 cm³/mol. The van der Waals surface area contributed by atoms with Crippen molar-refractivity contribution >= 4 is 65.5 Å². The lowest BCUT2D eigenvalue weighted by Crippen LogP contribution is -2.17. The van der Waals surface area contributed by atoms with Crippen molar-refractivity contribution in [3.8, 4) is 5.69 Å². The summed E-state index contributed by atoms with van der Waals surface area (Å²) in [6.07, 6.45) is 0. The van der Waals surface area contributed by atoms with Crippen LogP contribution in [0.2, 0.25) is 0 Å². The summed E-state index contributed by atoms with van der Waals surface area (Å²) in [7, 11) is 0. The molecule has 0 amide bonds. The summed E-state index contributed by atoms with van der Waals surface area (Å²) in [4.78, 5) is 22.5. The van der Waals surface area contributed by atoms with Gasteiger partial charge in [0.05, 0.1) is 11.4 Å². The van der Waals surface area contributed by atoms with Crippen molar-refractivity contribution in [2.45, 2.75) is 5.16 Å². The van der Waals surface area contributed by atoms with Crippen LogP contribution in [0.15, 0.2) is 35.5 Å². The first-order chi connectivity index (χ1) is 9.40. The Balaban J connectivity index is 2.56. The van der Waals surface area contributed by atoms with Crippen LogP contribution < -0.4 is 5.69 Å². The molecule has 0 atom stereocenters. The summed E-state index contributed by atoms with van der Waals surface area (Å²) >= 11 is 11.1. The second-order valence-electron chi connectivity index (χ2n) is 3.55. The highest BCUT2D eigenvalue weighted by molar-refractivity contribution is 9.11. The fraction of sp³-hybridized carbons (Fsp3) is 0.100. The van der Waals surface area contributed by atoms with Gasteiger partial charge in [0.1, 0.15) is 0 Å². The second-order valence-corrected chi connectivity index (χ2v) is 7.11. The van der Waals surface area contributed by atoms with Crippen molar-refractivity contribution in [2.75, 3.05) is 5.75 Å². The van der Waals surface area contributed by atoms with Gasteiger partial charge < -0.3 is 5.11 Å². The van der Waals surface area contributed by atoms with Crippen molar-refractivity contribution in [3.05, 3.63) is 36.0 Å². The van der Waals surface area contributed by atoms with E-state index in [0.29, 0.717) is 14.6 Å². The fourth-order valence-corrected chi connectivity index (χ4v) is 4.73. The highest BCUT2D eigenvalue weighted by atomic mass is 79.9. The predicted octanol–water partition coefficient (Wildman–Crippen LogP) is 3.02. The van der Waals surface area contributed by atoms with Gasteiger partial charge in [-0.05, 0) is 44.0 Å². The molecule has 10 heteroatoms. The van der Waals surface area contributed by atoms with E-state index < -0.39 is 11.7 Å². The van der Waals surface area contributed by atoms with Gasteiger partial charge >= 0.3 is 11.7 Å². The minimum Gasteiger partial charge on any atom is -0.481 e. The number of nitrogens with zero attached hydrogens (tertiary/aromatic N) is 2. The first kappa shape index (κ1) is 15.8. The molecule has 0 saturated carbocycles. The Morgan fingerprint density at radius 2 is 1.95 bits per heavy atom. The number of carboxylic acids is 1. The molecule has 0 spiro atoms. The summed E-state index contributed by atoms with van der Waals surface area (Å²) in [5, 5.41) is 15.2. The Bertz CT molecular complexity index is 705. The van der Waals surface area contributed by atoms with E-state index in [-0.39, 0.29) is 10.9 Å². The van der Waals surface area contributed by atoms with Crippen LogP contribution in [-0.4, -0.2) is 31.6 Å². The topological polar surface area (TPSA) is 88.0 Å². The monoisotopic (exact) mass is 485 g/mol. The molecule has 2 rings (SSSR count). The fourth-order valence-electron chi connectivity index (χ4n) is 1.45. The minimum absolute atomic E-state index is 0.184. The summed E-state index contributed by atoms with van der Waals surface area (Å²) in [6.45, 7) is 0. The van der Waals surface area contributed by atoms with E-state index in [1.165, 1.54) is 4.57 Å². The summed E-state index contributed by atoms with van der Waals surface area (Å²) in [5.41, 5.74) is 0.112. The van der Waals surface area contributed by atoms with E-state index in [0.717, 1.165) is 16.2 Å². The van der Waals surface area contributed by atoms with Crippen molar-refractivity contribution in [2.24, 2.45) is 0 Å². The zero-order chi connectivity index (χ0) is 14.9. The molecule has 0 saturated heterocycles. The molecule has 1 aromatic carbocycles. The van der Waals surface area contributed by atoms with Crippen LogP contribution in [0.3, 0.4) is 0 Å². The maximum atomic E-state index is 11.9. The van der Waals surface area contributed by atoms with Gasteiger partial charge in [0.25, 0.3) is 0 Å². The van der Waals surface area contributed by atoms with Crippen molar-refractivity contribution in [1.82, 2.24) is 14.8 Å². The highest BCUT2D eigenvalue weighted by Crippen LogP contribution is 2.33. The van der Waals surface area contributed by atoms with Gasteiger partial charge in [0, 0.05) is 13.4 Å². The van der Waals surface area contributed by atoms with Crippen LogP contribution in [0.5, 0.6) is 0 Å². The lowest BCUT2D eigenvalue weighted by Gasteiger charge is -2.10. The zero-order valence-corrected chi connectivity index (χ0v) is 15.1. The average molecular weight is 488 g/mol. The molecule has 0 bridgehead atoms. The molecule has 0 fully saturated rings. The number of aromatic amines is 1. The molecular formula is C10H6Br3N3O3S. The summed E-state index contributed by atoms with van der Waals surface area (Å²) in [5.74, 6) is -1.17. The number of carboxylic acid groups (broad SMARTS) is 1. The molecule has 2 aromatic rings. The van der Waals surface area contributed by atoms with E-state index in [1.54, 1.807) is 12.1 Å². The number of carbonyl (C=O) groups is 1. The van der Waals surface area contributed by atoms with E-state index in [4.69, 9.17) is 5.11 Å². The maximum Gasteiger partial charge on any atom is 0.348 e. The maximum absolute atomic E-state index is 11.9. The lowest BCUT2D eigenvalue weighted by molar-refractivity contribution is -0.133. The number of aromatic nitrogens is 3. The van der Waals surface area contributed by atoms with Crippen LogP contribution in [0.4, 0.5) is 0 Å². The van der Waals surface area contributed by atoms with Crippen molar-refractivity contribution < 1.29 is 9.90 Å². The van der Waals surface area contributed by atoms with E-state index in [1.807, 2.05) is 0 Å². The number of aliphatic carboxylic acids is 1. The third-order valence-electron chi connectivity index (χ3n) is 2.17. The third kappa shape index (κ3) is 3.35. The Morgan fingerprint density at radius 1 is 1.35 bits per heavy atom.